The van der Waals surface area contributed by atoms with E-state index in [1.54, 1.807) is 24.3 Å². The highest BCUT2D eigenvalue weighted by Crippen LogP contribution is 2.39. The number of unbranched alkanes of at least 4 members (excludes halogenated alkanes) is 1. The molecule has 1 N–H and O–H groups in total. The second-order valence-corrected chi connectivity index (χ2v) is 11.3. The van der Waals surface area contributed by atoms with Crippen molar-refractivity contribution in [2.75, 3.05) is 18.8 Å². The Kier molecular flexibility index (Phi) is 9.48. The van der Waals surface area contributed by atoms with Crippen LogP contribution in [0.5, 0.6) is 0 Å². The highest BCUT2D eigenvalue weighted by atomic mass is 33.1. The lowest BCUT2D eigenvalue weighted by Crippen LogP contribution is -2.30. The third-order valence-corrected chi connectivity index (χ3v) is 9.73. The predicted molar refractivity (Wildman–Crippen MR) is 115 cm³/mol. The minimum atomic E-state index is -3.43. The van der Waals surface area contributed by atoms with Gasteiger partial charge in [-0.25, -0.2) is 8.42 Å². The number of rotatable bonds is 11. The van der Waals surface area contributed by atoms with Crippen LogP contribution >= 0.6 is 21.6 Å². The average molecular weight is 431 g/mol. The van der Waals surface area contributed by atoms with Gasteiger partial charge < -0.3 is 5.32 Å². The highest BCUT2D eigenvalue weighted by molar-refractivity contribution is 8.77. The number of hydrogen-bond donors (Lipinski definition) is 1. The number of carbonyl (C=O) groups is 1. The summed E-state index contributed by atoms with van der Waals surface area (Å²) in [5.74, 6) is 1.31. The molecular weight excluding hydrogens is 400 g/mol. The molecule has 1 amide bonds. The van der Waals surface area contributed by atoms with Crippen LogP contribution in [0.25, 0.3) is 0 Å². The van der Waals surface area contributed by atoms with Crippen molar-refractivity contribution in [2.45, 2.75) is 62.6 Å². The summed E-state index contributed by atoms with van der Waals surface area (Å²) in [4.78, 5) is 12.3. The van der Waals surface area contributed by atoms with Crippen molar-refractivity contribution in [1.29, 1.82) is 0 Å². The van der Waals surface area contributed by atoms with E-state index in [4.69, 9.17) is 0 Å². The molecule has 0 bridgehead atoms. The molecule has 1 atom stereocenters. The first-order valence-corrected chi connectivity index (χ1v) is 13.4. The van der Waals surface area contributed by atoms with Crippen molar-refractivity contribution in [2.24, 2.45) is 0 Å². The molecule has 0 saturated carbocycles. The van der Waals surface area contributed by atoms with E-state index in [0.717, 1.165) is 23.7 Å². The van der Waals surface area contributed by atoms with E-state index in [-0.39, 0.29) is 5.91 Å². The van der Waals surface area contributed by atoms with Crippen LogP contribution in [0.3, 0.4) is 0 Å². The van der Waals surface area contributed by atoms with Crippen molar-refractivity contribution in [3.8, 4) is 0 Å². The molecule has 1 fully saturated rings. The zero-order valence-corrected chi connectivity index (χ0v) is 18.6. The van der Waals surface area contributed by atoms with Gasteiger partial charge in [-0.1, -0.05) is 54.0 Å². The van der Waals surface area contributed by atoms with Crippen LogP contribution in [-0.4, -0.2) is 42.7 Å². The Labute approximate surface area is 171 Å². The monoisotopic (exact) mass is 430 g/mol. The zero-order valence-electron chi connectivity index (χ0n) is 16.1. The SMILES string of the molecule is CCN(CC)S(=O)(=O)c1ccc(CNC(=O)CCCCC2CCSS2)cc1. The van der Waals surface area contributed by atoms with Gasteiger partial charge in [0.1, 0.15) is 0 Å². The molecule has 1 heterocycles. The molecule has 1 unspecified atom stereocenters. The first kappa shape index (κ1) is 22.6. The summed E-state index contributed by atoms with van der Waals surface area (Å²) < 4.78 is 26.4. The maximum Gasteiger partial charge on any atom is 0.243 e. The van der Waals surface area contributed by atoms with Crippen LogP contribution in [0, 0.1) is 0 Å². The van der Waals surface area contributed by atoms with Crippen LogP contribution < -0.4 is 5.32 Å². The molecule has 5 nitrogen and oxygen atoms in total. The fourth-order valence-electron chi connectivity index (χ4n) is 3.00. The van der Waals surface area contributed by atoms with E-state index < -0.39 is 10.0 Å². The molecular formula is C19H30N2O3S3. The fourth-order valence-corrected chi connectivity index (χ4v) is 7.49. The van der Waals surface area contributed by atoms with E-state index in [2.05, 4.69) is 5.32 Å². The van der Waals surface area contributed by atoms with E-state index in [9.17, 15) is 13.2 Å². The van der Waals surface area contributed by atoms with E-state index in [1.807, 2.05) is 35.4 Å². The summed E-state index contributed by atoms with van der Waals surface area (Å²) in [7, 11) is 0.513. The summed E-state index contributed by atoms with van der Waals surface area (Å²) in [6, 6.07) is 6.77. The summed E-state index contributed by atoms with van der Waals surface area (Å²) in [6.07, 6.45) is 5.08. The first-order valence-electron chi connectivity index (χ1n) is 9.61. The van der Waals surface area contributed by atoms with Gasteiger partial charge in [0.25, 0.3) is 0 Å². The molecule has 1 aliphatic heterocycles. The second kappa shape index (κ2) is 11.3. The second-order valence-electron chi connectivity index (χ2n) is 6.58. The number of hydrogen-bond acceptors (Lipinski definition) is 5. The standard InChI is InChI=1S/C19H30N2O3S3/c1-3-21(4-2)27(23,24)18-11-9-16(10-12-18)15-20-19(22)8-6-5-7-17-13-14-25-26-17/h9-12,17H,3-8,13-15H2,1-2H3,(H,20,22). The number of amides is 1. The molecule has 0 aliphatic carbocycles. The summed E-state index contributed by atoms with van der Waals surface area (Å²) in [6.45, 7) is 5.00. The molecule has 8 heteroatoms. The highest BCUT2D eigenvalue weighted by Gasteiger charge is 2.21. The smallest absolute Gasteiger partial charge is 0.243 e. The lowest BCUT2D eigenvalue weighted by molar-refractivity contribution is -0.121. The lowest BCUT2D eigenvalue weighted by atomic mass is 10.1. The number of benzene rings is 1. The minimum Gasteiger partial charge on any atom is -0.352 e. The number of carbonyl (C=O) groups excluding carboxylic acids is 1. The van der Waals surface area contributed by atoms with Crippen molar-refractivity contribution in [3.63, 3.8) is 0 Å². The van der Waals surface area contributed by atoms with Crippen LogP contribution in [0.4, 0.5) is 0 Å². The molecule has 1 aromatic rings. The lowest BCUT2D eigenvalue weighted by Gasteiger charge is -2.18. The van der Waals surface area contributed by atoms with Gasteiger partial charge in [-0.2, -0.15) is 4.31 Å². The summed E-state index contributed by atoms with van der Waals surface area (Å²) in [5, 5.41) is 3.69. The minimum absolute atomic E-state index is 0.0586. The van der Waals surface area contributed by atoms with E-state index >= 15 is 0 Å². The Hall–Kier alpha value is -0.700. The van der Waals surface area contributed by atoms with Gasteiger partial charge in [-0.15, -0.1) is 0 Å². The molecule has 0 aromatic heterocycles. The third kappa shape index (κ3) is 7.00. The number of nitrogens with one attached hydrogen (secondary N) is 1. The van der Waals surface area contributed by atoms with E-state index in [0.29, 0.717) is 31.0 Å². The molecule has 1 aromatic carbocycles. The van der Waals surface area contributed by atoms with Gasteiger partial charge in [-0.05, 0) is 37.0 Å². The first-order chi connectivity index (χ1) is 13.0. The molecule has 1 saturated heterocycles. The average Bonchev–Trinajstić information content (AvgIpc) is 3.18. The Morgan fingerprint density at radius 3 is 2.48 bits per heavy atom. The van der Waals surface area contributed by atoms with Crippen LogP contribution in [-0.2, 0) is 21.4 Å². The van der Waals surface area contributed by atoms with Crippen LogP contribution in [0.1, 0.15) is 51.5 Å². The molecule has 2 rings (SSSR count). The number of sulfonamides is 1. The van der Waals surface area contributed by atoms with Gasteiger partial charge >= 0.3 is 0 Å². The summed E-state index contributed by atoms with van der Waals surface area (Å²) >= 11 is 0. The van der Waals surface area contributed by atoms with Crippen molar-refractivity contribution >= 4 is 37.5 Å². The van der Waals surface area contributed by atoms with Crippen molar-refractivity contribution in [3.05, 3.63) is 29.8 Å². The van der Waals surface area contributed by atoms with Crippen molar-refractivity contribution in [1.82, 2.24) is 9.62 Å². The Morgan fingerprint density at radius 1 is 1.19 bits per heavy atom. The Balaban J connectivity index is 1.73. The Bertz CT molecular complexity index is 683. The van der Waals surface area contributed by atoms with Gasteiger partial charge in [-0.3, -0.25) is 4.79 Å². The topological polar surface area (TPSA) is 66.5 Å². The van der Waals surface area contributed by atoms with Crippen LogP contribution in [0.15, 0.2) is 29.2 Å². The fraction of sp³-hybridized carbons (Fsp3) is 0.632. The third-order valence-electron chi connectivity index (χ3n) is 4.66. The predicted octanol–water partition coefficient (Wildman–Crippen LogP) is 4.05. The van der Waals surface area contributed by atoms with Crippen molar-refractivity contribution < 1.29 is 13.2 Å². The van der Waals surface area contributed by atoms with Gasteiger partial charge in [0.2, 0.25) is 15.9 Å². The number of nitrogens with zero attached hydrogens (tertiary/aromatic N) is 1. The van der Waals surface area contributed by atoms with E-state index in [1.165, 1.54) is 22.9 Å². The molecule has 0 spiro atoms. The van der Waals surface area contributed by atoms with Gasteiger partial charge in [0.05, 0.1) is 4.90 Å². The quantitative estimate of drug-likeness (QED) is 0.424. The zero-order chi connectivity index (χ0) is 19.7. The summed E-state index contributed by atoms with van der Waals surface area (Å²) in [5.41, 5.74) is 0.904. The largest absolute Gasteiger partial charge is 0.352 e. The van der Waals surface area contributed by atoms with Crippen LogP contribution in [0.2, 0.25) is 0 Å². The van der Waals surface area contributed by atoms with Gasteiger partial charge in [0, 0.05) is 37.1 Å². The molecule has 27 heavy (non-hydrogen) atoms. The normalized spacial score (nSPS) is 17.4. The maximum absolute atomic E-state index is 12.5. The molecule has 0 radical (unpaired) electrons. The van der Waals surface area contributed by atoms with Gasteiger partial charge in [0.15, 0.2) is 0 Å². The molecule has 1 aliphatic rings. The molecule has 152 valence electrons. The Morgan fingerprint density at radius 2 is 1.89 bits per heavy atom. The maximum atomic E-state index is 12.5.